The van der Waals surface area contributed by atoms with Crippen LogP contribution >= 0.6 is 0 Å². The highest BCUT2D eigenvalue weighted by atomic mass is 32.2. The van der Waals surface area contributed by atoms with Gasteiger partial charge in [-0.25, -0.2) is 13.1 Å². The first kappa shape index (κ1) is 14.1. The molecule has 19 heavy (non-hydrogen) atoms. The molecule has 0 unspecified atom stereocenters. The van der Waals surface area contributed by atoms with Crippen LogP contribution in [0.15, 0.2) is 17.0 Å². The summed E-state index contributed by atoms with van der Waals surface area (Å²) < 4.78 is 37.9. The standard InChI is InChI=1S/C13H19NO4S/c1-3-4-5-14-19(15,16)13-9-12-11(8-10(13)2)17-6-7-18-12/h8-9,14H,3-7H2,1-2H3. The molecule has 0 amide bonds. The maximum atomic E-state index is 12.2. The molecule has 1 N–H and O–H groups in total. The number of unbranched alkanes of at least 4 members (excludes halogenated alkanes) is 1. The van der Waals surface area contributed by atoms with Gasteiger partial charge in [-0.15, -0.1) is 0 Å². The number of sulfonamides is 1. The van der Waals surface area contributed by atoms with Crippen LogP contribution in [0, 0.1) is 6.92 Å². The topological polar surface area (TPSA) is 64.6 Å². The molecule has 2 rings (SSSR count). The molecule has 0 spiro atoms. The third-order valence-corrected chi connectivity index (χ3v) is 4.55. The summed E-state index contributed by atoms with van der Waals surface area (Å²) in [7, 11) is -3.48. The Bertz CT molecular complexity index is 554. The minimum absolute atomic E-state index is 0.257. The van der Waals surface area contributed by atoms with E-state index in [1.54, 1.807) is 13.0 Å². The van der Waals surface area contributed by atoms with Crippen molar-refractivity contribution in [3.8, 4) is 11.5 Å². The molecule has 0 saturated heterocycles. The maximum Gasteiger partial charge on any atom is 0.240 e. The predicted octanol–water partition coefficient (Wildman–Crippen LogP) is 1.84. The number of nitrogens with one attached hydrogen (secondary N) is 1. The molecule has 0 saturated carbocycles. The zero-order chi connectivity index (χ0) is 13.9. The van der Waals surface area contributed by atoms with E-state index in [9.17, 15) is 8.42 Å². The Labute approximate surface area is 114 Å². The molecule has 0 aliphatic carbocycles. The number of aryl methyl sites for hydroxylation is 1. The zero-order valence-corrected chi connectivity index (χ0v) is 12.0. The van der Waals surface area contributed by atoms with E-state index in [0.717, 1.165) is 12.8 Å². The molecule has 6 heteroatoms. The highest BCUT2D eigenvalue weighted by Crippen LogP contribution is 2.34. The number of hydrogen-bond donors (Lipinski definition) is 1. The first-order valence-electron chi connectivity index (χ1n) is 6.44. The minimum atomic E-state index is -3.48. The SMILES string of the molecule is CCCCNS(=O)(=O)c1cc2c(cc1C)OCCO2. The lowest BCUT2D eigenvalue weighted by molar-refractivity contribution is 0.171. The van der Waals surface area contributed by atoms with Gasteiger partial charge in [-0.2, -0.15) is 0 Å². The lowest BCUT2D eigenvalue weighted by Gasteiger charge is -2.20. The molecule has 1 aromatic rings. The van der Waals surface area contributed by atoms with Crippen molar-refractivity contribution in [3.05, 3.63) is 17.7 Å². The summed E-state index contributed by atoms with van der Waals surface area (Å²) in [4.78, 5) is 0.257. The number of rotatable bonds is 5. The molecule has 0 radical (unpaired) electrons. The predicted molar refractivity (Wildman–Crippen MR) is 72.3 cm³/mol. The van der Waals surface area contributed by atoms with Crippen molar-refractivity contribution in [3.63, 3.8) is 0 Å². The molecule has 0 fully saturated rings. The smallest absolute Gasteiger partial charge is 0.240 e. The summed E-state index contributed by atoms with van der Waals surface area (Å²) in [6, 6.07) is 3.25. The van der Waals surface area contributed by atoms with E-state index in [4.69, 9.17) is 9.47 Å². The first-order chi connectivity index (χ1) is 9.04. The molecule has 1 heterocycles. The van der Waals surface area contributed by atoms with E-state index in [1.807, 2.05) is 6.92 Å². The van der Waals surface area contributed by atoms with E-state index in [1.165, 1.54) is 6.07 Å². The van der Waals surface area contributed by atoms with Crippen LogP contribution in [0.25, 0.3) is 0 Å². The largest absolute Gasteiger partial charge is 0.486 e. The lowest BCUT2D eigenvalue weighted by Crippen LogP contribution is -2.26. The van der Waals surface area contributed by atoms with Crippen LogP contribution in [0.1, 0.15) is 25.3 Å². The van der Waals surface area contributed by atoms with Crippen molar-refractivity contribution >= 4 is 10.0 Å². The summed E-state index contributed by atoms with van der Waals surface area (Å²) in [5.74, 6) is 1.10. The number of ether oxygens (including phenoxy) is 2. The summed E-state index contributed by atoms with van der Waals surface area (Å²) in [5, 5.41) is 0. The number of benzene rings is 1. The van der Waals surface area contributed by atoms with Gasteiger partial charge < -0.3 is 9.47 Å². The normalized spacial score (nSPS) is 14.4. The Morgan fingerprint density at radius 3 is 2.47 bits per heavy atom. The quantitative estimate of drug-likeness (QED) is 0.838. The van der Waals surface area contributed by atoms with Crippen LogP contribution in [-0.4, -0.2) is 28.2 Å². The number of hydrogen-bond acceptors (Lipinski definition) is 4. The van der Waals surface area contributed by atoms with Crippen LogP contribution in [-0.2, 0) is 10.0 Å². The highest BCUT2D eigenvalue weighted by molar-refractivity contribution is 7.89. The van der Waals surface area contributed by atoms with Crippen molar-refractivity contribution in [2.75, 3.05) is 19.8 Å². The van der Waals surface area contributed by atoms with Crippen molar-refractivity contribution in [1.82, 2.24) is 4.72 Å². The van der Waals surface area contributed by atoms with Crippen LogP contribution < -0.4 is 14.2 Å². The number of fused-ring (bicyclic) bond motifs is 1. The fourth-order valence-electron chi connectivity index (χ4n) is 1.92. The molecule has 1 aromatic carbocycles. The fraction of sp³-hybridized carbons (Fsp3) is 0.538. The zero-order valence-electron chi connectivity index (χ0n) is 11.2. The van der Waals surface area contributed by atoms with Gasteiger partial charge in [-0.3, -0.25) is 0 Å². The van der Waals surface area contributed by atoms with Crippen LogP contribution in [0.3, 0.4) is 0 Å². The van der Waals surface area contributed by atoms with Crippen LogP contribution in [0.5, 0.6) is 11.5 Å². The second-order valence-corrected chi connectivity index (χ2v) is 6.25. The third-order valence-electron chi connectivity index (χ3n) is 2.95. The van der Waals surface area contributed by atoms with Crippen molar-refractivity contribution in [2.24, 2.45) is 0 Å². The summed E-state index contributed by atoms with van der Waals surface area (Å²) in [6.45, 7) is 5.16. The van der Waals surface area contributed by atoms with Gasteiger partial charge in [0.15, 0.2) is 11.5 Å². The van der Waals surface area contributed by atoms with Crippen molar-refractivity contribution in [2.45, 2.75) is 31.6 Å². The van der Waals surface area contributed by atoms with E-state index in [2.05, 4.69) is 4.72 Å². The minimum Gasteiger partial charge on any atom is -0.486 e. The molecule has 0 aromatic heterocycles. The molecule has 5 nitrogen and oxygen atoms in total. The van der Waals surface area contributed by atoms with E-state index < -0.39 is 10.0 Å². The lowest BCUT2D eigenvalue weighted by atomic mass is 10.2. The average molecular weight is 285 g/mol. The third kappa shape index (κ3) is 3.19. The first-order valence-corrected chi connectivity index (χ1v) is 7.93. The van der Waals surface area contributed by atoms with Gasteiger partial charge in [0, 0.05) is 12.6 Å². The second kappa shape index (κ2) is 5.79. The fourth-order valence-corrected chi connectivity index (χ4v) is 3.24. The average Bonchev–Trinajstić information content (AvgIpc) is 2.38. The molecule has 0 atom stereocenters. The van der Waals surface area contributed by atoms with Gasteiger partial charge in [-0.1, -0.05) is 13.3 Å². The van der Waals surface area contributed by atoms with Gasteiger partial charge in [0.05, 0.1) is 4.90 Å². The summed E-state index contributed by atoms with van der Waals surface area (Å²) in [6.07, 6.45) is 1.77. The molecule has 0 bridgehead atoms. The van der Waals surface area contributed by atoms with Gasteiger partial charge in [0.1, 0.15) is 13.2 Å². The summed E-state index contributed by atoms with van der Waals surface area (Å²) in [5.41, 5.74) is 0.660. The van der Waals surface area contributed by atoms with Crippen molar-refractivity contribution in [1.29, 1.82) is 0 Å². The molecule has 1 aliphatic rings. The van der Waals surface area contributed by atoms with E-state index >= 15 is 0 Å². The highest BCUT2D eigenvalue weighted by Gasteiger charge is 2.21. The van der Waals surface area contributed by atoms with Crippen LogP contribution in [0.4, 0.5) is 0 Å². The summed E-state index contributed by atoms with van der Waals surface area (Å²) >= 11 is 0. The Morgan fingerprint density at radius 1 is 1.21 bits per heavy atom. The Balaban J connectivity index is 2.28. The van der Waals surface area contributed by atoms with E-state index in [-0.39, 0.29) is 4.90 Å². The van der Waals surface area contributed by atoms with Gasteiger partial charge >= 0.3 is 0 Å². The van der Waals surface area contributed by atoms with Gasteiger partial charge in [0.25, 0.3) is 0 Å². The van der Waals surface area contributed by atoms with Gasteiger partial charge in [-0.05, 0) is 25.0 Å². The van der Waals surface area contributed by atoms with Gasteiger partial charge in [0.2, 0.25) is 10.0 Å². The molecular formula is C13H19NO4S. The maximum absolute atomic E-state index is 12.2. The monoisotopic (exact) mass is 285 g/mol. The Hall–Kier alpha value is -1.27. The molecule has 106 valence electrons. The Morgan fingerprint density at radius 2 is 1.84 bits per heavy atom. The second-order valence-electron chi connectivity index (χ2n) is 4.51. The van der Waals surface area contributed by atoms with Crippen LogP contribution in [0.2, 0.25) is 0 Å². The molecule has 1 aliphatic heterocycles. The Kier molecular flexibility index (Phi) is 4.31. The van der Waals surface area contributed by atoms with E-state index in [0.29, 0.717) is 36.8 Å². The van der Waals surface area contributed by atoms with Crippen molar-refractivity contribution < 1.29 is 17.9 Å². The molecular weight excluding hydrogens is 266 g/mol.